The molecule has 0 saturated heterocycles. The van der Waals surface area contributed by atoms with Gasteiger partial charge in [-0.05, 0) is 67.4 Å². The lowest BCUT2D eigenvalue weighted by Gasteiger charge is -2.36. The summed E-state index contributed by atoms with van der Waals surface area (Å²) in [6.45, 7) is 3.74. The smallest absolute Gasteiger partial charge is 0.343 e. The Morgan fingerprint density at radius 1 is 0.941 bits per heavy atom. The molecule has 34 heavy (non-hydrogen) atoms. The molecule has 4 rings (SSSR count). The zero-order valence-corrected chi connectivity index (χ0v) is 20.0. The highest BCUT2D eigenvalue weighted by molar-refractivity contribution is 7.94. The molecule has 1 heterocycles. The van der Waals surface area contributed by atoms with Crippen LogP contribution in [-0.2, 0) is 21.3 Å². The molecule has 0 atom stereocenters. The Balaban J connectivity index is 1.87. The molecule has 3 aromatic rings. The number of urea groups is 1. The van der Waals surface area contributed by atoms with E-state index in [4.69, 9.17) is 9.47 Å². The molecule has 3 aromatic carbocycles. The predicted octanol–water partition coefficient (Wildman–Crippen LogP) is 4.43. The molecular weight excluding hydrogens is 456 g/mol. The Morgan fingerprint density at radius 2 is 1.68 bits per heavy atom. The first-order chi connectivity index (χ1) is 16.2. The van der Waals surface area contributed by atoms with Gasteiger partial charge in [-0.25, -0.2) is 18.0 Å². The van der Waals surface area contributed by atoms with Crippen molar-refractivity contribution in [2.24, 2.45) is 0 Å². The number of carbonyl (C=O) groups is 2. The standard InChI is InChI=1S/C25H24N2O6S/c1-16-9-11-20(13-17(16)2)27-25(29)26(21-7-5-6-8-23(21)34(27,30)31)15-19-14-18(24(28)33-4)10-12-22(19)32-3/h5-14H,15H2,1-4H3. The van der Waals surface area contributed by atoms with E-state index in [9.17, 15) is 18.0 Å². The fraction of sp³-hybridized carbons (Fsp3) is 0.200. The molecule has 0 spiro atoms. The topological polar surface area (TPSA) is 93.2 Å². The van der Waals surface area contributed by atoms with Gasteiger partial charge in [0.05, 0.1) is 37.7 Å². The van der Waals surface area contributed by atoms with Gasteiger partial charge in [0, 0.05) is 5.56 Å². The lowest BCUT2D eigenvalue weighted by atomic mass is 10.1. The number of methoxy groups -OCH3 is 2. The average Bonchev–Trinajstić information content (AvgIpc) is 2.83. The molecule has 1 aliphatic heterocycles. The molecular formula is C25H24N2O6S. The quantitative estimate of drug-likeness (QED) is 0.502. The second-order valence-electron chi connectivity index (χ2n) is 7.89. The normalized spacial score (nSPS) is 14.5. The largest absolute Gasteiger partial charge is 0.496 e. The second kappa shape index (κ2) is 8.83. The minimum atomic E-state index is -4.14. The van der Waals surface area contributed by atoms with Crippen molar-refractivity contribution in [1.29, 1.82) is 0 Å². The summed E-state index contributed by atoms with van der Waals surface area (Å²) in [7, 11) is -1.38. The Labute approximate surface area is 198 Å². The second-order valence-corrected chi connectivity index (χ2v) is 9.65. The van der Waals surface area contributed by atoms with Gasteiger partial charge in [-0.3, -0.25) is 4.90 Å². The zero-order chi connectivity index (χ0) is 24.6. The summed E-state index contributed by atoms with van der Waals surface area (Å²) in [5, 5.41) is 0. The number of hydrogen-bond acceptors (Lipinski definition) is 6. The van der Waals surface area contributed by atoms with Gasteiger partial charge in [-0.2, -0.15) is 4.31 Å². The number of nitrogens with zero attached hydrogens (tertiary/aromatic N) is 2. The van der Waals surface area contributed by atoms with Gasteiger partial charge in [0.15, 0.2) is 0 Å². The molecule has 8 nitrogen and oxygen atoms in total. The van der Waals surface area contributed by atoms with E-state index in [1.165, 1.54) is 25.2 Å². The highest BCUT2D eigenvalue weighted by atomic mass is 32.2. The molecule has 0 fully saturated rings. The summed E-state index contributed by atoms with van der Waals surface area (Å²) >= 11 is 0. The van der Waals surface area contributed by atoms with Gasteiger partial charge in [-0.1, -0.05) is 18.2 Å². The highest BCUT2D eigenvalue weighted by Crippen LogP contribution is 2.39. The third-order valence-electron chi connectivity index (χ3n) is 5.83. The number of aryl methyl sites for hydroxylation is 2. The molecule has 0 N–H and O–H groups in total. The van der Waals surface area contributed by atoms with Gasteiger partial charge in [0.25, 0.3) is 10.0 Å². The molecule has 0 unspecified atom stereocenters. The number of hydrogen-bond donors (Lipinski definition) is 0. The van der Waals surface area contributed by atoms with E-state index in [0.717, 1.165) is 15.4 Å². The number of fused-ring (bicyclic) bond motifs is 1. The van der Waals surface area contributed by atoms with E-state index in [-0.39, 0.29) is 28.4 Å². The number of amides is 2. The van der Waals surface area contributed by atoms with Crippen LogP contribution in [0.25, 0.3) is 0 Å². The van der Waals surface area contributed by atoms with Gasteiger partial charge < -0.3 is 9.47 Å². The predicted molar refractivity (Wildman–Crippen MR) is 128 cm³/mol. The van der Waals surface area contributed by atoms with E-state index in [1.54, 1.807) is 54.6 Å². The lowest BCUT2D eigenvalue weighted by molar-refractivity contribution is 0.0600. The fourth-order valence-electron chi connectivity index (χ4n) is 3.88. The van der Waals surface area contributed by atoms with Gasteiger partial charge >= 0.3 is 12.0 Å². The van der Waals surface area contributed by atoms with E-state index >= 15 is 0 Å². The maximum Gasteiger partial charge on any atom is 0.343 e. The molecule has 0 aliphatic carbocycles. The minimum absolute atomic E-state index is 0.0101. The van der Waals surface area contributed by atoms with Crippen LogP contribution in [0.5, 0.6) is 5.75 Å². The third kappa shape index (κ3) is 3.88. The highest BCUT2D eigenvalue weighted by Gasteiger charge is 2.42. The number of anilines is 2. The Hall–Kier alpha value is -3.85. The molecule has 176 valence electrons. The number of benzene rings is 3. The number of carbonyl (C=O) groups excluding carboxylic acids is 2. The Morgan fingerprint density at radius 3 is 2.35 bits per heavy atom. The summed E-state index contributed by atoms with van der Waals surface area (Å²) in [6, 6.07) is 15.4. The Bertz CT molecular complexity index is 1400. The zero-order valence-electron chi connectivity index (χ0n) is 19.2. The van der Waals surface area contributed by atoms with Crippen LogP contribution in [0.3, 0.4) is 0 Å². The summed E-state index contributed by atoms with van der Waals surface area (Å²) in [5.74, 6) is -0.0855. The SMILES string of the molecule is COC(=O)c1ccc(OC)c(CN2C(=O)N(c3ccc(C)c(C)c3)S(=O)(=O)c3ccccc32)c1. The van der Waals surface area contributed by atoms with Crippen LogP contribution in [0.15, 0.2) is 65.6 Å². The molecule has 0 aromatic heterocycles. The first-order valence-corrected chi connectivity index (χ1v) is 11.9. The van der Waals surface area contributed by atoms with Crippen LogP contribution in [0.2, 0.25) is 0 Å². The minimum Gasteiger partial charge on any atom is -0.496 e. The van der Waals surface area contributed by atoms with Crippen molar-refractivity contribution < 1.29 is 27.5 Å². The van der Waals surface area contributed by atoms with Crippen LogP contribution in [-0.4, -0.2) is 34.6 Å². The van der Waals surface area contributed by atoms with Crippen LogP contribution in [0.1, 0.15) is 27.0 Å². The van der Waals surface area contributed by atoms with E-state index in [0.29, 0.717) is 11.3 Å². The number of sulfonamides is 1. The summed E-state index contributed by atoms with van der Waals surface area (Å²) in [6.07, 6.45) is 0. The molecule has 0 radical (unpaired) electrons. The van der Waals surface area contributed by atoms with Gasteiger partial charge in [0.1, 0.15) is 10.6 Å². The van der Waals surface area contributed by atoms with Crippen molar-refractivity contribution >= 4 is 33.4 Å². The molecule has 1 aliphatic rings. The number of ether oxygens (including phenoxy) is 2. The Kier molecular flexibility index (Phi) is 6.05. The monoisotopic (exact) mass is 480 g/mol. The van der Waals surface area contributed by atoms with Gasteiger partial charge in [-0.15, -0.1) is 0 Å². The van der Waals surface area contributed by atoms with Crippen molar-refractivity contribution in [2.75, 3.05) is 23.4 Å². The molecule has 0 saturated carbocycles. The van der Waals surface area contributed by atoms with E-state index in [1.807, 2.05) is 13.8 Å². The van der Waals surface area contributed by atoms with Crippen LogP contribution in [0.4, 0.5) is 16.2 Å². The van der Waals surface area contributed by atoms with Crippen LogP contribution in [0, 0.1) is 13.8 Å². The van der Waals surface area contributed by atoms with Crippen molar-refractivity contribution in [3.05, 3.63) is 82.9 Å². The van der Waals surface area contributed by atoms with Gasteiger partial charge in [0.2, 0.25) is 0 Å². The molecule has 2 amide bonds. The number of para-hydroxylation sites is 1. The molecule has 9 heteroatoms. The van der Waals surface area contributed by atoms with E-state index in [2.05, 4.69) is 0 Å². The maximum atomic E-state index is 13.7. The summed E-state index contributed by atoms with van der Waals surface area (Å²) in [4.78, 5) is 27.2. The van der Waals surface area contributed by atoms with Crippen molar-refractivity contribution in [3.63, 3.8) is 0 Å². The first kappa shape index (κ1) is 23.3. The number of rotatable bonds is 5. The summed E-state index contributed by atoms with van der Waals surface area (Å²) in [5.41, 5.74) is 3.15. The molecule has 0 bridgehead atoms. The lowest BCUT2D eigenvalue weighted by Crippen LogP contribution is -2.50. The first-order valence-electron chi connectivity index (χ1n) is 10.5. The van der Waals surface area contributed by atoms with Crippen molar-refractivity contribution in [3.8, 4) is 5.75 Å². The van der Waals surface area contributed by atoms with Crippen molar-refractivity contribution in [1.82, 2.24) is 0 Å². The fourth-order valence-corrected chi connectivity index (χ4v) is 5.47. The van der Waals surface area contributed by atoms with Crippen LogP contribution >= 0.6 is 0 Å². The van der Waals surface area contributed by atoms with Crippen LogP contribution < -0.4 is 13.9 Å². The maximum absolute atomic E-state index is 13.7. The summed E-state index contributed by atoms with van der Waals surface area (Å²) < 4.78 is 38.1. The average molecular weight is 481 g/mol. The van der Waals surface area contributed by atoms with E-state index < -0.39 is 22.0 Å². The third-order valence-corrected chi connectivity index (χ3v) is 7.58. The number of esters is 1. The van der Waals surface area contributed by atoms with Crippen molar-refractivity contribution in [2.45, 2.75) is 25.3 Å².